The fourth-order valence-electron chi connectivity index (χ4n) is 7.94. The van der Waals surface area contributed by atoms with E-state index in [0.717, 1.165) is 51.2 Å². The Balaban J connectivity index is 1.31. The van der Waals surface area contributed by atoms with Gasteiger partial charge in [-0.15, -0.1) is 0 Å². The van der Waals surface area contributed by atoms with E-state index in [1.165, 1.54) is 38.9 Å². The molecule has 1 unspecified atom stereocenters. The molecule has 2 nitrogen and oxygen atoms in total. The Morgan fingerprint density at radius 2 is 1.27 bits per heavy atom. The van der Waals surface area contributed by atoms with E-state index in [9.17, 15) is 0 Å². The van der Waals surface area contributed by atoms with Crippen LogP contribution in [0.3, 0.4) is 0 Å². The Kier molecular flexibility index (Phi) is 11.4. The van der Waals surface area contributed by atoms with Crippen LogP contribution in [0.25, 0.3) is 55.8 Å². The van der Waals surface area contributed by atoms with Crippen molar-refractivity contribution in [2.24, 2.45) is 0 Å². The molecule has 0 N–H and O–H groups in total. The van der Waals surface area contributed by atoms with E-state index in [2.05, 4.69) is 177 Å². The first kappa shape index (κ1) is 37.4. The summed E-state index contributed by atoms with van der Waals surface area (Å²) >= 11 is 0. The number of rotatable bonds is 13. The van der Waals surface area contributed by atoms with Gasteiger partial charge in [-0.05, 0) is 130 Å². The molecule has 1 aliphatic rings. The lowest BCUT2D eigenvalue weighted by molar-refractivity contribution is 0.644. The molecule has 2 aromatic heterocycles. The molecule has 0 saturated carbocycles. The van der Waals surface area contributed by atoms with Crippen molar-refractivity contribution >= 4 is 11.1 Å². The van der Waals surface area contributed by atoms with Gasteiger partial charge < -0.3 is 0 Å². The summed E-state index contributed by atoms with van der Waals surface area (Å²) in [4.78, 5) is 9.51. The predicted molar refractivity (Wildman–Crippen MR) is 240 cm³/mol. The van der Waals surface area contributed by atoms with Crippen molar-refractivity contribution in [1.29, 1.82) is 0 Å². The summed E-state index contributed by atoms with van der Waals surface area (Å²) in [5.74, 6) is 0. The van der Waals surface area contributed by atoms with Crippen LogP contribution in [0.4, 0.5) is 0 Å². The van der Waals surface area contributed by atoms with Gasteiger partial charge in [-0.25, -0.2) is 4.98 Å². The van der Waals surface area contributed by atoms with E-state index < -0.39 is 0 Å². The summed E-state index contributed by atoms with van der Waals surface area (Å²) in [5, 5.41) is 0. The highest BCUT2D eigenvalue weighted by atomic mass is 14.7. The van der Waals surface area contributed by atoms with Crippen LogP contribution in [0.1, 0.15) is 48.2 Å². The number of allylic oxidation sites excluding steroid dienone is 13. The lowest BCUT2D eigenvalue weighted by Crippen LogP contribution is -2.26. The lowest BCUT2D eigenvalue weighted by Gasteiger charge is -2.32. The molecule has 0 spiro atoms. The van der Waals surface area contributed by atoms with Crippen LogP contribution in [0.2, 0.25) is 0 Å². The molecule has 0 aliphatic heterocycles. The summed E-state index contributed by atoms with van der Waals surface area (Å²) in [6, 6.07) is 42.0. The molecule has 0 amide bonds. The van der Waals surface area contributed by atoms with Crippen LogP contribution < -0.4 is 0 Å². The molecule has 0 fully saturated rings. The Hall–Kier alpha value is -6.90. The molecule has 7 rings (SSSR count). The molecule has 1 atom stereocenters. The largest absolute Gasteiger partial charge is 0.265 e. The molecular formula is C54H46N2. The van der Waals surface area contributed by atoms with Crippen LogP contribution in [0.15, 0.2) is 214 Å². The third kappa shape index (κ3) is 7.30. The van der Waals surface area contributed by atoms with E-state index in [-0.39, 0.29) is 5.41 Å². The van der Waals surface area contributed by atoms with Gasteiger partial charge in [0.15, 0.2) is 0 Å². The standard InChI is InChI=1S/C54H46N2/c1-6-11-12-15-31-54(47-29-32-55-33-30-47)50-26-14-13-25-48(50)49-36-44(27-28-51(49)54)42-22-16-21-41(34-42)43-23-17-24-45(35-43)53-38-46(40(19-8-3)20-9-4)37-52(56-53)39(10-5)18-7-2/h6-30,32-38H,2-3,5,31H2,1,4H3/b11-6-,15-12-,20-9-,39-18+,40-19+. The average molecular weight is 723 g/mol. The van der Waals surface area contributed by atoms with Gasteiger partial charge >= 0.3 is 0 Å². The second-order valence-corrected chi connectivity index (χ2v) is 13.8. The summed E-state index contributed by atoms with van der Waals surface area (Å²) in [5.41, 5.74) is 16.5. The van der Waals surface area contributed by atoms with E-state index >= 15 is 0 Å². The van der Waals surface area contributed by atoms with Crippen molar-refractivity contribution in [3.63, 3.8) is 0 Å². The maximum atomic E-state index is 5.13. The summed E-state index contributed by atoms with van der Waals surface area (Å²) in [7, 11) is 0. The quantitative estimate of drug-likeness (QED) is 0.111. The van der Waals surface area contributed by atoms with Crippen molar-refractivity contribution in [2.45, 2.75) is 25.7 Å². The third-order valence-corrected chi connectivity index (χ3v) is 10.5. The van der Waals surface area contributed by atoms with E-state index in [1.54, 1.807) is 6.08 Å². The monoisotopic (exact) mass is 722 g/mol. The van der Waals surface area contributed by atoms with Crippen molar-refractivity contribution in [3.8, 4) is 44.6 Å². The van der Waals surface area contributed by atoms with Crippen molar-refractivity contribution < 1.29 is 0 Å². The van der Waals surface area contributed by atoms with Gasteiger partial charge in [-0.3, -0.25) is 4.98 Å². The second-order valence-electron chi connectivity index (χ2n) is 13.8. The highest BCUT2D eigenvalue weighted by Gasteiger charge is 2.43. The molecule has 4 aromatic carbocycles. The lowest BCUT2D eigenvalue weighted by atomic mass is 9.70. The van der Waals surface area contributed by atoms with Crippen molar-refractivity contribution in [2.75, 3.05) is 0 Å². The minimum absolute atomic E-state index is 0.318. The van der Waals surface area contributed by atoms with Crippen LogP contribution >= 0.6 is 0 Å². The number of nitrogens with zero attached hydrogens (tertiary/aromatic N) is 2. The highest BCUT2D eigenvalue weighted by molar-refractivity contribution is 5.88. The molecule has 2 heterocycles. The number of hydrogen-bond donors (Lipinski definition) is 0. The van der Waals surface area contributed by atoms with Crippen LogP contribution in [0.5, 0.6) is 0 Å². The minimum Gasteiger partial charge on any atom is -0.265 e. The van der Waals surface area contributed by atoms with E-state index in [4.69, 9.17) is 4.98 Å². The van der Waals surface area contributed by atoms with Gasteiger partial charge in [0.1, 0.15) is 0 Å². The SMILES string of the molecule is C=C/C=C(\C=C/C)c1cc(/C(C=C)=C/C=C)nc(-c2cccc(-c3cccc(-c4ccc5c(c4)-c4ccccc4C5(C/C=C\C=C/C)c4ccncc4)c3)c2)c1. The number of pyridine rings is 2. The Bertz CT molecular complexity index is 2580. The zero-order valence-electron chi connectivity index (χ0n) is 32.2. The summed E-state index contributed by atoms with van der Waals surface area (Å²) < 4.78 is 0. The second kappa shape index (κ2) is 17.1. The first-order valence-electron chi connectivity index (χ1n) is 19.1. The molecule has 6 aromatic rings. The van der Waals surface area contributed by atoms with Gasteiger partial charge in [0.2, 0.25) is 0 Å². The molecule has 1 aliphatic carbocycles. The molecule has 2 heteroatoms. The van der Waals surface area contributed by atoms with Gasteiger partial charge in [0.25, 0.3) is 0 Å². The smallest absolute Gasteiger partial charge is 0.0715 e. The zero-order valence-corrected chi connectivity index (χ0v) is 32.2. The number of hydrogen-bond acceptors (Lipinski definition) is 2. The van der Waals surface area contributed by atoms with Gasteiger partial charge in [-0.2, -0.15) is 0 Å². The Morgan fingerprint density at radius 3 is 1.96 bits per heavy atom. The van der Waals surface area contributed by atoms with E-state index in [0.29, 0.717) is 0 Å². The van der Waals surface area contributed by atoms with Gasteiger partial charge in [-0.1, -0.05) is 159 Å². The predicted octanol–water partition coefficient (Wildman–Crippen LogP) is 14.2. The summed E-state index contributed by atoms with van der Waals surface area (Å²) in [6.45, 7) is 16.0. The molecular weight excluding hydrogens is 677 g/mol. The highest BCUT2D eigenvalue weighted by Crippen LogP contribution is 2.55. The number of fused-ring (bicyclic) bond motifs is 3. The molecule has 0 radical (unpaired) electrons. The number of aromatic nitrogens is 2. The number of benzene rings is 4. The van der Waals surface area contributed by atoms with Crippen LogP contribution in [-0.2, 0) is 5.41 Å². The molecule has 0 saturated heterocycles. The van der Waals surface area contributed by atoms with Crippen molar-refractivity contribution in [1.82, 2.24) is 9.97 Å². The maximum Gasteiger partial charge on any atom is 0.0715 e. The van der Waals surface area contributed by atoms with Gasteiger partial charge in [0, 0.05) is 23.4 Å². The molecule has 56 heavy (non-hydrogen) atoms. The van der Waals surface area contributed by atoms with E-state index in [1.807, 2.05) is 49.7 Å². The maximum absolute atomic E-state index is 5.13. The first-order valence-corrected chi connectivity index (χ1v) is 19.1. The molecule has 0 bridgehead atoms. The van der Waals surface area contributed by atoms with Crippen molar-refractivity contribution in [3.05, 3.63) is 242 Å². The van der Waals surface area contributed by atoms with Crippen LogP contribution in [-0.4, -0.2) is 9.97 Å². The molecule has 272 valence electrons. The summed E-state index contributed by atoms with van der Waals surface area (Å²) in [6.07, 6.45) is 26.8. The fourth-order valence-corrected chi connectivity index (χ4v) is 7.94. The topological polar surface area (TPSA) is 25.8 Å². The normalized spacial score (nSPS) is 15.3. The first-order chi connectivity index (χ1) is 27.5. The van der Waals surface area contributed by atoms with Gasteiger partial charge in [0.05, 0.1) is 11.4 Å². The third-order valence-electron chi connectivity index (χ3n) is 10.5. The fraction of sp³-hybridized carbons (Fsp3) is 0.0741. The zero-order chi connectivity index (χ0) is 38.9. The Labute approximate surface area is 332 Å². The minimum atomic E-state index is -0.318. The van der Waals surface area contributed by atoms with Crippen LogP contribution in [0, 0.1) is 0 Å². The average Bonchev–Trinajstić information content (AvgIpc) is 3.54. The Morgan fingerprint density at radius 1 is 0.607 bits per heavy atom.